The molecule has 0 fully saturated rings. The Morgan fingerprint density at radius 2 is 1.32 bits per heavy atom. The Balaban J connectivity index is 1.01. The highest BCUT2D eigenvalue weighted by Gasteiger charge is 2.45. The van der Waals surface area contributed by atoms with Crippen molar-refractivity contribution >= 4 is 17.1 Å². The van der Waals surface area contributed by atoms with Crippen LogP contribution in [0.2, 0.25) is 0 Å². The number of benzene rings is 4. The van der Waals surface area contributed by atoms with E-state index in [9.17, 15) is 4.39 Å². The second kappa shape index (κ2) is 12.5. The molecule has 2 bridgehead atoms. The van der Waals surface area contributed by atoms with Crippen molar-refractivity contribution in [1.29, 1.82) is 0 Å². The maximum absolute atomic E-state index is 16.1. The molecule has 4 aromatic rings. The van der Waals surface area contributed by atoms with Gasteiger partial charge in [-0.05, 0) is 71.8 Å². The first-order valence-electron chi connectivity index (χ1n) is 17.5. The second-order valence-corrected chi connectivity index (χ2v) is 14.0. The maximum Gasteiger partial charge on any atom is 0.211 e. The number of nitrogens with zero attached hydrogens (tertiary/aromatic N) is 6. The number of rotatable bonds is 7. The van der Waals surface area contributed by atoms with E-state index in [2.05, 4.69) is 34.1 Å². The zero-order valence-electron chi connectivity index (χ0n) is 27.8. The van der Waals surface area contributed by atoms with Gasteiger partial charge in [-0.1, -0.05) is 72.8 Å². The lowest BCUT2D eigenvalue weighted by molar-refractivity contribution is 0.243. The fourth-order valence-electron chi connectivity index (χ4n) is 8.50. The van der Waals surface area contributed by atoms with E-state index in [-0.39, 0.29) is 35.9 Å². The zero-order chi connectivity index (χ0) is 33.8. The molecule has 0 radical (unpaired) electrons. The van der Waals surface area contributed by atoms with Crippen LogP contribution in [0.3, 0.4) is 0 Å². The largest absolute Gasteiger partial charge is 0.355 e. The maximum atomic E-state index is 16.1. The van der Waals surface area contributed by atoms with E-state index in [0.29, 0.717) is 33.0 Å². The summed E-state index contributed by atoms with van der Waals surface area (Å²) in [5.41, 5.74) is 7.26. The number of hydrogen-bond donors (Lipinski definition) is 0. The molecule has 4 aromatic carbocycles. The van der Waals surface area contributed by atoms with E-state index in [0.717, 1.165) is 41.9 Å². The lowest BCUT2D eigenvalue weighted by Gasteiger charge is -2.39. The Hall–Kier alpha value is -5.31. The van der Waals surface area contributed by atoms with E-state index in [1.165, 1.54) is 16.7 Å². The molecule has 9 heteroatoms. The van der Waals surface area contributed by atoms with Gasteiger partial charge in [-0.15, -0.1) is 0 Å². The summed E-state index contributed by atoms with van der Waals surface area (Å²) in [5.74, 6) is -0.738. The SMILES string of the molecule is FC1=CN(CCc2cc3cc(c2)C2CC(CN4C=C(F)N(c5ccccc5)C4)c4ccccc4N4C(F)=CN(CC3)C24)CN1c1ccccc1. The van der Waals surface area contributed by atoms with Crippen molar-refractivity contribution in [1.82, 2.24) is 14.7 Å². The summed E-state index contributed by atoms with van der Waals surface area (Å²) in [6.45, 7) is 2.88. The highest BCUT2D eigenvalue weighted by molar-refractivity contribution is 5.63. The van der Waals surface area contributed by atoms with Gasteiger partial charge in [0.15, 0.2) is 0 Å². The Labute approximate surface area is 291 Å². The van der Waals surface area contributed by atoms with Crippen LogP contribution in [0, 0.1) is 0 Å². The average Bonchev–Trinajstić information content (AvgIpc) is 3.78. The van der Waals surface area contributed by atoms with Crippen LogP contribution in [-0.4, -0.2) is 53.8 Å². The van der Waals surface area contributed by atoms with Crippen LogP contribution in [0.1, 0.15) is 40.5 Å². The number of para-hydroxylation sites is 3. The van der Waals surface area contributed by atoms with Crippen molar-refractivity contribution in [2.24, 2.45) is 0 Å². The number of fused-ring (bicyclic) bond motifs is 5. The Morgan fingerprint density at radius 3 is 2.06 bits per heavy atom. The van der Waals surface area contributed by atoms with E-state index in [1.54, 1.807) is 28.4 Å². The first kappa shape index (κ1) is 30.7. The zero-order valence-corrected chi connectivity index (χ0v) is 27.8. The summed E-state index contributed by atoms with van der Waals surface area (Å²) in [5, 5.41) is 0. The lowest BCUT2D eigenvalue weighted by Crippen LogP contribution is -2.45. The van der Waals surface area contributed by atoms with E-state index in [4.69, 9.17) is 0 Å². The summed E-state index contributed by atoms with van der Waals surface area (Å²) in [6, 6.07) is 34.3. The molecule has 0 saturated heterocycles. The second-order valence-electron chi connectivity index (χ2n) is 14.0. The van der Waals surface area contributed by atoms with Gasteiger partial charge in [0.05, 0.1) is 31.9 Å². The highest BCUT2D eigenvalue weighted by Crippen LogP contribution is 2.49. The average molecular weight is 673 g/mol. The molecule has 254 valence electrons. The molecule has 50 heavy (non-hydrogen) atoms. The third-order valence-electron chi connectivity index (χ3n) is 10.8. The molecule has 3 unspecified atom stereocenters. The molecule has 5 aliphatic rings. The predicted molar refractivity (Wildman–Crippen MR) is 192 cm³/mol. The van der Waals surface area contributed by atoms with Gasteiger partial charge in [-0.25, -0.2) is 0 Å². The minimum atomic E-state index is -0.276. The summed E-state index contributed by atoms with van der Waals surface area (Å²) < 4.78 is 46.4. The van der Waals surface area contributed by atoms with Crippen LogP contribution < -0.4 is 14.7 Å². The van der Waals surface area contributed by atoms with Crippen LogP contribution in [0.4, 0.5) is 30.2 Å². The van der Waals surface area contributed by atoms with Crippen molar-refractivity contribution in [2.75, 3.05) is 47.7 Å². The van der Waals surface area contributed by atoms with Crippen molar-refractivity contribution in [2.45, 2.75) is 37.3 Å². The minimum absolute atomic E-state index is 0.00439. The number of anilines is 3. The monoisotopic (exact) mass is 672 g/mol. The third-order valence-corrected chi connectivity index (χ3v) is 10.8. The summed E-state index contributed by atoms with van der Waals surface area (Å²) >= 11 is 0. The van der Waals surface area contributed by atoms with Gasteiger partial charge in [-0.2, -0.15) is 13.2 Å². The molecule has 3 atom stereocenters. The van der Waals surface area contributed by atoms with E-state index in [1.807, 2.05) is 88.7 Å². The molecular weight excluding hydrogens is 633 g/mol. The Bertz CT molecular complexity index is 1980. The molecule has 5 heterocycles. The van der Waals surface area contributed by atoms with Crippen LogP contribution in [0.15, 0.2) is 140 Å². The first-order valence-corrected chi connectivity index (χ1v) is 17.5. The van der Waals surface area contributed by atoms with Crippen molar-refractivity contribution < 1.29 is 13.2 Å². The summed E-state index contributed by atoms with van der Waals surface area (Å²) in [6.07, 6.45) is 7.05. The topological polar surface area (TPSA) is 19.4 Å². The predicted octanol–water partition coefficient (Wildman–Crippen LogP) is 8.37. The fourth-order valence-corrected chi connectivity index (χ4v) is 8.50. The van der Waals surface area contributed by atoms with E-state index < -0.39 is 0 Å². The molecule has 0 saturated carbocycles. The van der Waals surface area contributed by atoms with Gasteiger partial charge in [0.2, 0.25) is 17.9 Å². The van der Waals surface area contributed by atoms with Crippen molar-refractivity contribution in [3.63, 3.8) is 0 Å². The first-order chi connectivity index (χ1) is 24.5. The van der Waals surface area contributed by atoms with Gasteiger partial charge in [0, 0.05) is 48.5 Å². The van der Waals surface area contributed by atoms with Crippen molar-refractivity contribution in [3.05, 3.63) is 162 Å². The summed E-state index contributed by atoms with van der Waals surface area (Å²) in [7, 11) is 0. The van der Waals surface area contributed by atoms with Gasteiger partial charge in [0.25, 0.3) is 0 Å². The molecule has 9 rings (SSSR count). The van der Waals surface area contributed by atoms with Gasteiger partial charge < -0.3 is 14.7 Å². The molecule has 5 aliphatic heterocycles. The quantitative estimate of drug-likeness (QED) is 0.183. The molecular formula is C41H39F3N6. The normalized spacial score (nSPS) is 22.5. The fraction of sp³-hybridized carbons (Fsp3) is 0.268. The molecule has 0 aliphatic carbocycles. The molecule has 0 amide bonds. The van der Waals surface area contributed by atoms with Crippen LogP contribution in [0.25, 0.3) is 0 Å². The van der Waals surface area contributed by atoms with Gasteiger partial charge >= 0.3 is 0 Å². The number of halogens is 3. The van der Waals surface area contributed by atoms with Crippen molar-refractivity contribution in [3.8, 4) is 0 Å². The van der Waals surface area contributed by atoms with E-state index >= 15 is 8.78 Å². The molecule has 0 spiro atoms. The van der Waals surface area contributed by atoms with Gasteiger partial charge in [0.1, 0.15) is 6.17 Å². The number of hydrogen-bond acceptors (Lipinski definition) is 6. The van der Waals surface area contributed by atoms with Crippen LogP contribution in [-0.2, 0) is 12.8 Å². The highest BCUT2D eigenvalue weighted by atomic mass is 19.1. The Morgan fingerprint density at radius 1 is 0.660 bits per heavy atom. The van der Waals surface area contributed by atoms with Crippen LogP contribution >= 0.6 is 0 Å². The van der Waals surface area contributed by atoms with Crippen LogP contribution in [0.5, 0.6) is 0 Å². The smallest absolute Gasteiger partial charge is 0.211 e. The minimum Gasteiger partial charge on any atom is -0.355 e. The standard InChI is InChI=1S/C41H39F3N6/c42-38-24-45(27-48(38)33-9-3-1-4-10-33)17-15-29-19-30-16-18-47-26-40(44)50-37-14-8-7-13-35(37)32(22-36(41(47)50)31(20-29)21-30)23-46-25-39(43)49(28-46)34-11-5-2-6-12-34/h1-14,19-21,24-26,32,36,41H,15-18,22-23,27-28H2. The molecule has 6 nitrogen and oxygen atoms in total. The summed E-state index contributed by atoms with van der Waals surface area (Å²) in [4.78, 5) is 11.5. The lowest BCUT2D eigenvalue weighted by atomic mass is 9.81. The third kappa shape index (κ3) is 5.54. The van der Waals surface area contributed by atoms with Gasteiger partial charge in [-0.3, -0.25) is 14.7 Å². The Kier molecular flexibility index (Phi) is 7.71. The molecule has 0 N–H and O–H groups in total. The molecule has 0 aromatic heterocycles.